The number of rotatable bonds is 3. The minimum absolute atomic E-state index is 0.0526. The summed E-state index contributed by atoms with van der Waals surface area (Å²) in [7, 11) is 0. The molecule has 0 aliphatic carbocycles. The molecule has 2 N–H and O–H groups in total. The second kappa shape index (κ2) is 5.00. The summed E-state index contributed by atoms with van der Waals surface area (Å²) in [5.74, 6) is 0.595. The van der Waals surface area contributed by atoms with Crippen molar-refractivity contribution < 1.29 is 0 Å². The quantitative estimate of drug-likeness (QED) is 0.827. The van der Waals surface area contributed by atoms with Crippen molar-refractivity contribution in [3.8, 4) is 0 Å². The van der Waals surface area contributed by atoms with Gasteiger partial charge in [0.1, 0.15) is 0 Å². The molecule has 1 nitrogen and oxygen atoms in total. The number of hydrogen-bond donors (Lipinski definition) is 1. The van der Waals surface area contributed by atoms with Gasteiger partial charge >= 0.3 is 0 Å². The molecule has 1 rings (SSSR count). The lowest BCUT2D eigenvalue weighted by atomic mass is 9.95. The van der Waals surface area contributed by atoms with Crippen LogP contribution in [0.2, 0.25) is 5.02 Å². The Morgan fingerprint density at radius 3 is 2.27 bits per heavy atom. The van der Waals surface area contributed by atoms with Gasteiger partial charge in [-0.15, -0.1) is 0 Å². The highest BCUT2D eigenvalue weighted by Gasteiger charge is 2.12. The average Bonchev–Trinajstić information content (AvgIpc) is 2.09. The van der Waals surface area contributed by atoms with Crippen LogP contribution in [0.5, 0.6) is 0 Å². The van der Waals surface area contributed by atoms with Crippen molar-refractivity contribution in [2.24, 2.45) is 11.7 Å². The first-order valence-electron chi connectivity index (χ1n) is 5.44. The van der Waals surface area contributed by atoms with E-state index in [-0.39, 0.29) is 6.04 Å². The zero-order chi connectivity index (χ0) is 11.6. The Morgan fingerprint density at radius 2 is 1.73 bits per heavy atom. The molecule has 0 heterocycles. The summed E-state index contributed by atoms with van der Waals surface area (Å²) in [4.78, 5) is 0. The van der Waals surface area contributed by atoms with Crippen molar-refractivity contribution in [2.75, 3.05) is 0 Å². The topological polar surface area (TPSA) is 26.0 Å². The van der Waals surface area contributed by atoms with Gasteiger partial charge < -0.3 is 5.73 Å². The monoisotopic (exact) mass is 225 g/mol. The van der Waals surface area contributed by atoms with E-state index in [0.29, 0.717) is 5.92 Å². The lowest BCUT2D eigenvalue weighted by Crippen LogP contribution is -2.13. The van der Waals surface area contributed by atoms with Crippen molar-refractivity contribution >= 4 is 11.6 Å². The molecule has 1 aromatic carbocycles. The maximum absolute atomic E-state index is 6.20. The number of hydrogen-bond acceptors (Lipinski definition) is 1. The normalized spacial score (nSPS) is 13.3. The van der Waals surface area contributed by atoms with Crippen LogP contribution in [0.15, 0.2) is 12.1 Å². The third-order valence-electron chi connectivity index (χ3n) is 2.74. The molecular weight excluding hydrogens is 206 g/mol. The van der Waals surface area contributed by atoms with E-state index in [0.717, 1.165) is 17.0 Å². The van der Waals surface area contributed by atoms with E-state index in [4.69, 9.17) is 17.3 Å². The van der Waals surface area contributed by atoms with Gasteiger partial charge in [0.2, 0.25) is 0 Å². The maximum atomic E-state index is 6.20. The molecule has 15 heavy (non-hydrogen) atoms. The van der Waals surface area contributed by atoms with Crippen LogP contribution in [0.3, 0.4) is 0 Å². The summed E-state index contributed by atoms with van der Waals surface area (Å²) in [5, 5.41) is 0.797. The van der Waals surface area contributed by atoms with Crippen molar-refractivity contribution in [1.82, 2.24) is 0 Å². The smallest absolute Gasteiger partial charge is 0.0456 e. The van der Waals surface area contributed by atoms with Gasteiger partial charge in [-0.05, 0) is 48.9 Å². The molecule has 0 spiro atoms. The van der Waals surface area contributed by atoms with Crippen LogP contribution in [-0.4, -0.2) is 0 Å². The fourth-order valence-electron chi connectivity index (χ4n) is 1.72. The van der Waals surface area contributed by atoms with E-state index >= 15 is 0 Å². The van der Waals surface area contributed by atoms with Crippen molar-refractivity contribution in [2.45, 2.75) is 40.2 Å². The van der Waals surface area contributed by atoms with Crippen LogP contribution >= 0.6 is 11.6 Å². The number of nitrogens with two attached hydrogens (primary N) is 1. The highest BCUT2D eigenvalue weighted by Crippen LogP contribution is 2.28. The Kier molecular flexibility index (Phi) is 4.18. The minimum Gasteiger partial charge on any atom is -0.324 e. The molecular formula is C13H20ClN. The van der Waals surface area contributed by atoms with Gasteiger partial charge in [-0.2, -0.15) is 0 Å². The van der Waals surface area contributed by atoms with E-state index in [1.165, 1.54) is 11.1 Å². The van der Waals surface area contributed by atoms with Crippen LogP contribution < -0.4 is 5.73 Å². The molecule has 1 aromatic rings. The Morgan fingerprint density at radius 1 is 1.20 bits per heavy atom. The first kappa shape index (κ1) is 12.5. The van der Waals surface area contributed by atoms with Gasteiger partial charge in [0, 0.05) is 11.1 Å². The molecule has 0 saturated heterocycles. The van der Waals surface area contributed by atoms with Gasteiger partial charge in [0.05, 0.1) is 0 Å². The van der Waals surface area contributed by atoms with Gasteiger partial charge in [0.25, 0.3) is 0 Å². The molecule has 1 unspecified atom stereocenters. The fraction of sp³-hybridized carbons (Fsp3) is 0.538. The van der Waals surface area contributed by atoms with Crippen molar-refractivity contribution in [1.29, 1.82) is 0 Å². The van der Waals surface area contributed by atoms with Crippen molar-refractivity contribution in [3.05, 3.63) is 33.8 Å². The zero-order valence-corrected chi connectivity index (χ0v) is 10.7. The molecule has 0 aliphatic rings. The largest absolute Gasteiger partial charge is 0.324 e. The first-order chi connectivity index (χ1) is 6.91. The average molecular weight is 226 g/mol. The lowest BCUT2D eigenvalue weighted by Gasteiger charge is -2.17. The number of benzene rings is 1. The maximum Gasteiger partial charge on any atom is 0.0456 e. The van der Waals surface area contributed by atoms with Crippen LogP contribution in [0.4, 0.5) is 0 Å². The first-order valence-corrected chi connectivity index (χ1v) is 5.81. The van der Waals surface area contributed by atoms with Gasteiger partial charge in [-0.3, -0.25) is 0 Å². The molecule has 0 fully saturated rings. The zero-order valence-electron chi connectivity index (χ0n) is 9.97. The summed E-state index contributed by atoms with van der Waals surface area (Å²) in [6.07, 6.45) is 0.974. The highest BCUT2D eigenvalue weighted by atomic mass is 35.5. The Hall–Kier alpha value is -0.530. The van der Waals surface area contributed by atoms with E-state index in [2.05, 4.69) is 33.8 Å². The summed E-state index contributed by atoms with van der Waals surface area (Å²) < 4.78 is 0. The van der Waals surface area contributed by atoms with E-state index in [9.17, 15) is 0 Å². The Labute approximate surface area is 97.6 Å². The lowest BCUT2D eigenvalue weighted by molar-refractivity contribution is 0.510. The third-order valence-corrected chi connectivity index (χ3v) is 3.07. The minimum atomic E-state index is 0.0526. The standard InChI is InChI=1S/C13H20ClN/c1-8(2)5-13(15)11-6-9(3)10(4)7-12(11)14/h6-8,13H,5,15H2,1-4H3. The Bertz CT molecular complexity index is 345. The van der Waals surface area contributed by atoms with Gasteiger partial charge in [-0.1, -0.05) is 31.5 Å². The van der Waals surface area contributed by atoms with Crippen LogP contribution in [-0.2, 0) is 0 Å². The second-order valence-corrected chi connectivity index (χ2v) is 5.10. The Balaban J connectivity index is 2.98. The number of aryl methyl sites for hydroxylation is 2. The summed E-state index contributed by atoms with van der Waals surface area (Å²) in [5.41, 5.74) is 9.69. The van der Waals surface area contributed by atoms with Gasteiger partial charge in [0.15, 0.2) is 0 Å². The summed E-state index contributed by atoms with van der Waals surface area (Å²) in [6, 6.07) is 4.17. The van der Waals surface area contributed by atoms with Crippen LogP contribution in [0.1, 0.15) is 43.0 Å². The second-order valence-electron chi connectivity index (χ2n) is 4.69. The molecule has 0 amide bonds. The van der Waals surface area contributed by atoms with E-state index in [1.54, 1.807) is 0 Å². The molecule has 0 aliphatic heterocycles. The summed E-state index contributed by atoms with van der Waals surface area (Å²) in [6.45, 7) is 8.51. The van der Waals surface area contributed by atoms with Crippen LogP contribution in [0, 0.1) is 19.8 Å². The van der Waals surface area contributed by atoms with E-state index in [1.807, 2.05) is 6.07 Å². The molecule has 84 valence electrons. The fourth-order valence-corrected chi connectivity index (χ4v) is 2.08. The highest BCUT2D eigenvalue weighted by molar-refractivity contribution is 6.31. The van der Waals surface area contributed by atoms with Crippen molar-refractivity contribution in [3.63, 3.8) is 0 Å². The SMILES string of the molecule is Cc1cc(Cl)c(C(N)CC(C)C)cc1C. The predicted molar refractivity (Wildman–Crippen MR) is 67.3 cm³/mol. The molecule has 0 aromatic heterocycles. The molecule has 0 saturated carbocycles. The number of halogens is 1. The van der Waals surface area contributed by atoms with E-state index < -0.39 is 0 Å². The van der Waals surface area contributed by atoms with Gasteiger partial charge in [-0.25, -0.2) is 0 Å². The van der Waals surface area contributed by atoms with Crippen LogP contribution in [0.25, 0.3) is 0 Å². The molecule has 0 radical (unpaired) electrons. The molecule has 2 heteroatoms. The molecule has 0 bridgehead atoms. The summed E-state index contributed by atoms with van der Waals surface area (Å²) >= 11 is 6.20. The third kappa shape index (κ3) is 3.22. The molecule has 1 atom stereocenters. The predicted octanol–water partition coefficient (Wildman–Crippen LogP) is 4.00.